The van der Waals surface area contributed by atoms with E-state index >= 15 is 0 Å². The summed E-state index contributed by atoms with van der Waals surface area (Å²) in [5, 5.41) is 11.8. The molecule has 1 atom stereocenters. The summed E-state index contributed by atoms with van der Waals surface area (Å²) in [7, 11) is -3.46. The van der Waals surface area contributed by atoms with Gasteiger partial charge in [0.2, 0.25) is 10.0 Å². The number of nitrogens with zero attached hydrogens (tertiary/aromatic N) is 3. The molecular formula is C20H23F2N3O3S. The van der Waals surface area contributed by atoms with Crippen molar-refractivity contribution in [1.29, 1.82) is 0 Å². The van der Waals surface area contributed by atoms with E-state index in [0.29, 0.717) is 41.4 Å². The highest BCUT2D eigenvalue weighted by Crippen LogP contribution is 2.30. The molecule has 6 nitrogen and oxygen atoms in total. The van der Waals surface area contributed by atoms with Gasteiger partial charge in [0.15, 0.2) is 0 Å². The largest absolute Gasteiger partial charge is 0.390 e. The Balaban J connectivity index is 1.64. The van der Waals surface area contributed by atoms with Crippen LogP contribution in [0.25, 0.3) is 21.8 Å². The molecule has 0 bridgehead atoms. The molecule has 0 radical (unpaired) electrons. The predicted octanol–water partition coefficient (Wildman–Crippen LogP) is 2.36. The van der Waals surface area contributed by atoms with E-state index in [1.807, 2.05) is 11.8 Å². The molecule has 29 heavy (non-hydrogen) atoms. The summed E-state index contributed by atoms with van der Waals surface area (Å²) in [6.45, 7) is 3.61. The second kappa shape index (κ2) is 7.64. The van der Waals surface area contributed by atoms with Gasteiger partial charge in [-0.05, 0) is 42.9 Å². The molecule has 156 valence electrons. The number of aliphatic hydroxyl groups excluding tert-OH is 1. The third kappa shape index (κ3) is 3.87. The van der Waals surface area contributed by atoms with Crippen molar-refractivity contribution in [3.63, 3.8) is 0 Å². The van der Waals surface area contributed by atoms with Gasteiger partial charge in [0.1, 0.15) is 17.5 Å². The van der Waals surface area contributed by atoms with E-state index in [2.05, 4.69) is 0 Å². The zero-order valence-corrected chi connectivity index (χ0v) is 16.9. The van der Waals surface area contributed by atoms with Gasteiger partial charge >= 0.3 is 0 Å². The van der Waals surface area contributed by atoms with Gasteiger partial charge in [-0.15, -0.1) is 0 Å². The average Bonchev–Trinajstić information content (AvgIpc) is 2.95. The maximum Gasteiger partial charge on any atom is 0.227 e. The van der Waals surface area contributed by atoms with Crippen LogP contribution in [0.3, 0.4) is 0 Å². The van der Waals surface area contributed by atoms with E-state index < -0.39 is 27.8 Å². The Hall–Kier alpha value is -2.07. The van der Waals surface area contributed by atoms with Crippen molar-refractivity contribution < 1.29 is 22.3 Å². The lowest BCUT2D eigenvalue weighted by molar-refractivity contribution is 0.121. The normalized spacial score (nSPS) is 19.2. The number of benzene rings is 2. The molecule has 1 aliphatic rings. The first-order valence-corrected chi connectivity index (χ1v) is 11.1. The molecule has 0 saturated carbocycles. The Morgan fingerprint density at radius 3 is 2.10 bits per heavy atom. The minimum atomic E-state index is -3.46. The zero-order valence-electron chi connectivity index (χ0n) is 16.1. The van der Waals surface area contributed by atoms with Gasteiger partial charge < -0.3 is 9.67 Å². The van der Waals surface area contributed by atoms with Crippen molar-refractivity contribution in [2.45, 2.75) is 19.6 Å². The van der Waals surface area contributed by atoms with Gasteiger partial charge in [0.25, 0.3) is 0 Å². The van der Waals surface area contributed by atoms with Gasteiger partial charge in [-0.1, -0.05) is 6.92 Å². The van der Waals surface area contributed by atoms with E-state index in [4.69, 9.17) is 0 Å². The van der Waals surface area contributed by atoms with Crippen molar-refractivity contribution in [3.05, 3.63) is 48.0 Å². The molecule has 1 saturated heterocycles. The number of hydrogen-bond acceptors (Lipinski definition) is 4. The predicted molar refractivity (Wildman–Crippen MR) is 108 cm³/mol. The van der Waals surface area contributed by atoms with Crippen molar-refractivity contribution in [2.75, 3.05) is 32.1 Å². The lowest BCUT2D eigenvalue weighted by Crippen LogP contribution is -2.52. The Labute approximate surface area is 168 Å². The summed E-state index contributed by atoms with van der Waals surface area (Å²) in [6.07, 6.45) is -0.966. The monoisotopic (exact) mass is 423 g/mol. The van der Waals surface area contributed by atoms with Crippen LogP contribution in [0.1, 0.15) is 6.92 Å². The van der Waals surface area contributed by atoms with Crippen molar-refractivity contribution in [2.24, 2.45) is 0 Å². The fraction of sp³-hybridized carbons (Fsp3) is 0.400. The molecule has 1 unspecified atom stereocenters. The molecule has 1 aromatic heterocycles. The highest BCUT2D eigenvalue weighted by Gasteiger charge is 2.31. The number of aromatic nitrogens is 1. The molecule has 2 aromatic carbocycles. The van der Waals surface area contributed by atoms with Crippen molar-refractivity contribution >= 4 is 31.8 Å². The Kier molecular flexibility index (Phi) is 5.32. The van der Waals surface area contributed by atoms with Gasteiger partial charge in [-0.3, -0.25) is 4.90 Å². The van der Waals surface area contributed by atoms with Crippen LogP contribution in [0.5, 0.6) is 0 Å². The fourth-order valence-electron chi connectivity index (χ4n) is 3.97. The van der Waals surface area contributed by atoms with Crippen LogP contribution in [0, 0.1) is 11.6 Å². The SMILES string of the molecule is CCN1CCN(CC(O)Cn2c3ccc(F)cc3c3cc(F)ccc32)S(=O)(=O)C1. The second-order valence-corrected chi connectivity index (χ2v) is 9.34. The summed E-state index contributed by atoms with van der Waals surface area (Å²) in [4.78, 5) is 1.84. The lowest BCUT2D eigenvalue weighted by Gasteiger charge is -2.34. The first-order valence-electron chi connectivity index (χ1n) is 9.53. The highest BCUT2D eigenvalue weighted by atomic mass is 32.2. The van der Waals surface area contributed by atoms with Crippen LogP contribution in [-0.4, -0.2) is 65.5 Å². The van der Waals surface area contributed by atoms with Crippen molar-refractivity contribution in [1.82, 2.24) is 13.8 Å². The number of rotatable bonds is 5. The molecule has 2 heterocycles. The zero-order chi connectivity index (χ0) is 20.8. The number of β-amino-alcohol motifs (C(OH)–C–C–N with tert-alkyl or cyclic N) is 1. The maximum absolute atomic E-state index is 13.8. The molecule has 0 amide bonds. The Bertz CT molecular complexity index is 1100. The molecule has 0 aliphatic carbocycles. The summed E-state index contributed by atoms with van der Waals surface area (Å²) in [5.74, 6) is -0.910. The Morgan fingerprint density at radius 2 is 1.59 bits per heavy atom. The van der Waals surface area contributed by atoms with Gasteiger partial charge in [0.05, 0.1) is 12.6 Å². The molecule has 3 aromatic rings. The highest BCUT2D eigenvalue weighted by molar-refractivity contribution is 7.89. The van der Waals surface area contributed by atoms with Crippen LogP contribution < -0.4 is 0 Å². The van der Waals surface area contributed by atoms with Crippen molar-refractivity contribution in [3.8, 4) is 0 Å². The van der Waals surface area contributed by atoms with Crippen LogP contribution >= 0.6 is 0 Å². The molecule has 1 fully saturated rings. The lowest BCUT2D eigenvalue weighted by atomic mass is 10.1. The number of aliphatic hydroxyl groups is 1. The molecular weight excluding hydrogens is 400 g/mol. The smallest absolute Gasteiger partial charge is 0.227 e. The van der Waals surface area contributed by atoms with Gasteiger partial charge in [-0.25, -0.2) is 17.2 Å². The van der Waals surface area contributed by atoms with E-state index in [1.54, 1.807) is 16.7 Å². The molecule has 4 rings (SSSR count). The summed E-state index contributed by atoms with van der Waals surface area (Å²) >= 11 is 0. The van der Waals surface area contributed by atoms with Gasteiger partial charge in [-0.2, -0.15) is 4.31 Å². The van der Waals surface area contributed by atoms with E-state index in [-0.39, 0.29) is 19.0 Å². The summed E-state index contributed by atoms with van der Waals surface area (Å²) in [6, 6.07) is 8.49. The minimum Gasteiger partial charge on any atom is -0.390 e. The number of hydrogen-bond donors (Lipinski definition) is 1. The quantitative estimate of drug-likeness (QED) is 0.684. The molecule has 9 heteroatoms. The van der Waals surface area contributed by atoms with Crippen LogP contribution in [0.15, 0.2) is 36.4 Å². The summed E-state index contributed by atoms with van der Waals surface area (Å²) in [5.41, 5.74) is 1.31. The fourth-order valence-corrected chi connectivity index (χ4v) is 5.67. The third-order valence-electron chi connectivity index (χ3n) is 5.45. The standard InChI is InChI=1S/C20H23F2N3O3S/c1-2-23-7-8-24(29(27,28)13-23)11-16(26)12-25-19-5-3-14(21)9-17(19)18-10-15(22)4-6-20(18)25/h3-6,9-10,16,26H,2,7-8,11-13H2,1H3. The van der Waals surface area contributed by atoms with Crippen LogP contribution in [0.2, 0.25) is 0 Å². The number of halogens is 2. The first kappa shape index (κ1) is 20.2. The van der Waals surface area contributed by atoms with E-state index in [1.165, 1.54) is 28.6 Å². The first-order chi connectivity index (χ1) is 13.8. The van der Waals surface area contributed by atoms with E-state index in [0.717, 1.165) is 0 Å². The minimum absolute atomic E-state index is 0.0244. The number of likely N-dealkylation sites (N-methyl/N-ethyl adjacent to an activating group) is 1. The molecule has 1 aliphatic heterocycles. The third-order valence-corrected chi connectivity index (χ3v) is 7.26. The van der Waals surface area contributed by atoms with E-state index in [9.17, 15) is 22.3 Å². The topological polar surface area (TPSA) is 65.8 Å². The summed E-state index contributed by atoms with van der Waals surface area (Å²) < 4.78 is 55.6. The second-order valence-electron chi connectivity index (χ2n) is 7.40. The molecule has 1 N–H and O–H groups in total. The van der Waals surface area contributed by atoms with Gasteiger partial charge in [0, 0.05) is 41.4 Å². The average molecular weight is 423 g/mol. The number of sulfonamides is 1. The van der Waals surface area contributed by atoms with Crippen LogP contribution in [-0.2, 0) is 16.6 Å². The van der Waals surface area contributed by atoms with Crippen LogP contribution in [0.4, 0.5) is 8.78 Å². The molecule has 0 spiro atoms. The Morgan fingerprint density at radius 1 is 1.00 bits per heavy atom. The maximum atomic E-state index is 13.8. The number of fused-ring (bicyclic) bond motifs is 3.